The molecule has 2 aromatic carbocycles. The van der Waals surface area contributed by atoms with E-state index < -0.39 is 16.0 Å². The Morgan fingerprint density at radius 1 is 0.905 bits per heavy atom. The van der Waals surface area contributed by atoms with Crippen molar-refractivity contribution in [2.75, 3.05) is 4.90 Å². The average molecular weight is 320 g/mol. The molecule has 3 rings (SSSR count). The molecule has 1 aliphatic heterocycles. The fourth-order valence-electron chi connectivity index (χ4n) is 2.37. The van der Waals surface area contributed by atoms with Gasteiger partial charge in [-0.1, -0.05) is 65.7 Å². The predicted molar refractivity (Wildman–Crippen MR) is 82.8 cm³/mol. The van der Waals surface area contributed by atoms with E-state index in [0.29, 0.717) is 17.8 Å². The number of hydrogen-bond donors (Lipinski definition) is 0. The normalized spacial score (nSPS) is 16.8. The topological polar surface area (TPSA) is 37.4 Å². The van der Waals surface area contributed by atoms with E-state index in [-0.39, 0.29) is 0 Å². The van der Waals surface area contributed by atoms with E-state index in [9.17, 15) is 9.59 Å². The van der Waals surface area contributed by atoms with Crippen molar-refractivity contribution in [2.45, 2.75) is 10.9 Å². The fraction of sp³-hybridized carbons (Fsp3) is 0.125. The number of nitrogens with zero attached hydrogens (tertiary/aromatic N) is 1. The molecule has 0 spiro atoms. The van der Waals surface area contributed by atoms with E-state index in [1.165, 1.54) is 4.90 Å². The minimum atomic E-state index is -2.07. The molecule has 0 fully saturated rings. The number of hydrogen-bond acceptors (Lipinski definition) is 2. The molecule has 0 saturated carbocycles. The predicted octanol–water partition coefficient (Wildman–Crippen LogP) is 3.59. The van der Waals surface area contributed by atoms with E-state index in [0.717, 1.165) is 5.56 Å². The minimum absolute atomic E-state index is 0.311. The van der Waals surface area contributed by atoms with Crippen LogP contribution in [0.15, 0.2) is 54.6 Å². The fourth-order valence-corrected chi connectivity index (χ4v) is 2.78. The number of alkyl halides is 2. The van der Waals surface area contributed by atoms with Crippen LogP contribution in [0.4, 0.5) is 5.69 Å². The van der Waals surface area contributed by atoms with Crippen LogP contribution in [0.5, 0.6) is 0 Å². The zero-order valence-electron chi connectivity index (χ0n) is 10.9. The van der Waals surface area contributed by atoms with Gasteiger partial charge in [-0.2, -0.15) is 0 Å². The van der Waals surface area contributed by atoms with Gasteiger partial charge in [0.05, 0.1) is 12.2 Å². The molecule has 3 nitrogen and oxygen atoms in total. The van der Waals surface area contributed by atoms with Crippen LogP contribution in [0.1, 0.15) is 15.9 Å². The Morgan fingerprint density at radius 3 is 2.24 bits per heavy atom. The van der Waals surface area contributed by atoms with E-state index in [1.54, 1.807) is 24.3 Å². The van der Waals surface area contributed by atoms with E-state index in [1.807, 2.05) is 30.3 Å². The van der Waals surface area contributed by atoms with Gasteiger partial charge < -0.3 is 4.90 Å². The molecular weight excluding hydrogens is 309 g/mol. The molecule has 0 radical (unpaired) electrons. The minimum Gasteiger partial charge on any atom is -0.304 e. The molecule has 5 heteroatoms. The van der Waals surface area contributed by atoms with Crippen molar-refractivity contribution in [3.8, 4) is 0 Å². The Hall–Kier alpha value is -1.84. The highest BCUT2D eigenvalue weighted by Crippen LogP contribution is 2.39. The molecule has 21 heavy (non-hydrogen) atoms. The molecule has 1 amide bonds. The third-order valence-corrected chi connectivity index (χ3v) is 4.09. The molecule has 0 aromatic heterocycles. The summed E-state index contributed by atoms with van der Waals surface area (Å²) in [7, 11) is 0. The number of amides is 1. The number of carbonyl (C=O) groups excluding carboxylic acids is 2. The second kappa shape index (κ2) is 5.17. The van der Waals surface area contributed by atoms with Crippen LogP contribution >= 0.6 is 23.2 Å². The number of halogens is 2. The first-order valence-electron chi connectivity index (χ1n) is 6.39. The quantitative estimate of drug-likeness (QED) is 0.626. The highest BCUT2D eigenvalue weighted by Gasteiger charge is 2.50. The Morgan fingerprint density at radius 2 is 1.52 bits per heavy atom. The lowest BCUT2D eigenvalue weighted by atomic mass is 9.98. The summed E-state index contributed by atoms with van der Waals surface area (Å²) in [6.07, 6.45) is 0. The Kier molecular flexibility index (Phi) is 3.47. The standard InChI is InChI=1S/C16H11Cl2NO2/c17-16(18)14(20)12-8-4-5-9-13(12)19(15(16)21)10-11-6-2-1-3-7-11/h1-9H,10H2. The molecule has 2 aromatic rings. The average Bonchev–Trinajstić information content (AvgIpc) is 2.51. The first-order chi connectivity index (χ1) is 10.0. The van der Waals surface area contributed by atoms with Crippen LogP contribution in [0, 0.1) is 0 Å². The Bertz CT molecular complexity index is 713. The largest absolute Gasteiger partial charge is 0.304 e. The van der Waals surface area contributed by atoms with Crippen molar-refractivity contribution in [1.29, 1.82) is 0 Å². The monoisotopic (exact) mass is 319 g/mol. The van der Waals surface area contributed by atoms with Crippen molar-refractivity contribution in [3.63, 3.8) is 0 Å². The number of fused-ring (bicyclic) bond motifs is 1. The van der Waals surface area contributed by atoms with Gasteiger partial charge in [-0.05, 0) is 17.7 Å². The van der Waals surface area contributed by atoms with Crippen molar-refractivity contribution in [3.05, 3.63) is 65.7 Å². The van der Waals surface area contributed by atoms with Crippen LogP contribution in [0.25, 0.3) is 0 Å². The third kappa shape index (κ3) is 2.33. The third-order valence-electron chi connectivity index (χ3n) is 3.42. The second-order valence-corrected chi connectivity index (χ2v) is 6.12. The first kappa shape index (κ1) is 14.1. The van der Waals surface area contributed by atoms with Gasteiger partial charge in [0.15, 0.2) is 0 Å². The molecule has 0 atom stereocenters. The lowest BCUT2D eigenvalue weighted by molar-refractivity contribution is -0.118. The molecule has 0 unspecified atom stereocenters. The van der Waals surface area contributed by atoms with E-state index in [4.69, 9.17) is 23.2 Å². The van der Waals surface area contributed by atoms with Gasteiger partial charge in [-0.15, -0.1) is 0 Å². The van der Waals surface area contributed by atoms with Crippen molar-refractivity contribution < 1.29 is 9.59 Å². The van der Waals surface area contributed by atoms with Gasteiger partial charge in [-0.3, -0.25) is 9.59 Å². The first-order valence-corrected chi connectivity index (χ1v) is 7.15. The highest BCUT2D eigenvalue weighted by molar-refractivity contribution is 6.71. The van der Waals surface area contributed by atoms with Gasteiger partial charge in [0.1, 0.15) is 0 Å². The summed E-state index contributed by atoms with van der Waals surface area (Å²) in [5, 5.41) is 0. The highest BCUT2D eigenvalue weighted by atomic mass is 35.5. The lowest BCUT2D eigenvalue weighted by Gasteiger charge is -2.34. The summed E-state index contributed by atoms with van der Waals surface area (Å²) in [6, 6.07) is 16.3. The van der Waals surface area contributed by atoms with Crippen molar-refractivity contribution in [2.24, 2.45) is 0 Å². The van der Waals surface area contributed by atoms with Crippen LogP contribution in [-0.2, 0) is 11.3 Å². The second-order valence-electron chi connectivity index (χ2n) is 4.80. The molecule has 1 aliphatic rings. The van der Waals surface area contributed by atoms with Gasteiger partial charge in [0.2, 0.25) is 5.78 Å². The molecule has 0 saturated heterocycles. The summed E-state index contributed by atoms with van der Waals surface area (Å²) in [5.41, 5.74) is 1.82. The molecule has 106 valence electrons. The summed E-state index contributed by atoms with van der Waals surface area (Å²) in [6.45, 7) is 0.311. The van der Waals surface area contributed by atoms with Crippen molar-refractivity contribution in [1.82, 2.24) is 0 Å². The maximum atomic E-state index is 12.5. The number of benzene rings is 2. The summed E-state index contributed by atoms with van der Waals surface area (Å²) < 4.78 is -2.07. The summed E-state index contributed by atoms with van der Waals surface area (Å²) >= 11 is 12.0. The maximum absolute atomic E-state index is 12.5. The van der Waals surface area contributed by atoms with Crippen LogP contribution in [0.2, 0.25) is 0 Å². The molecule has 0 bridgehead atoms. The van der Waals surface area contributed by atoms with E-state index >= 15 is 0 Å². The number of Topliss-reactive ketones (excluding diaryl/α,β-unsaturated/α-hetero) is 1. The SMILES string of the molecule is O=C1c2ccccc2N(Cc2ccccc2)C(=O)C1(Cl)Cl. The molecule has 1 heterocycles. The van der Waals surface area contributed by atoms with Crippen molar-refractivity contribution >= 4 is 40.6 Å². The lowest BCUT2D eigenvalue weighted by Crippen LogP contribution is -2.51. The maximum Gasteiger partial charge on any atom is 0.271 e. The van der Waals surface area contributed by atoms with Gasteiger partial charge in [0.25, 0.3) is 10.2 Å². The van der Waals surface area contributed by atoms with Crippen LogP contribution in [-0.4, -0.2) is 16.0 Å². The van der Waals surface area contributed by atoms with Gasteiger partial charge in [-0.25, -0.2) is 0 Å². The van der Waals surface area contributed by atoms with Gasteiger partial charge >= 0.3 is 0 Å². The Balaban J connectivity index is 2.09. The zero-order chi connectivity index (χ0) is 15.0. The Labute approximate surface area is 132 Å². The molecule has 0 N–H and O–H groups in total. The summed E-state index contributed by atoms with van der Waals surface area (Å²) in [4.78, 5) is 26.2. The van der Waals surface area contributed by atoms with Gasteiger partial charge in [0, 0.05) is 5.56 Å². The van der Waals surface area contributed by atoms with Crippen LogP contribution in [0.3, 0.4) is 0 Å². The molecular formula is C16H11Cl2NO2. The summed E-state index contributed by atoms with van der Waals surface area (Å²) in [5.74, 6) is -1.19. The number of anilines is 1. The zero-order valence-corrected chi connectivity index (χ0v) is 12.4. The van der Waals surface area contributed by atoms with Crippen LogP contribution < -0.4 is 4.90 Å². The smallest absolute Gasteiger partial charge is 0.271 e. The van der Waals surface area contributed by atoms with E-state index in [2.05, 4.69) is 0 Å². The number of para-hydroxylation sites is 1. The number of rotatable bonds is 2. The number of ketones is 1. The molecule has 0 aliphatic carbocycles. The number of carbonyl (C=O) groups is 2.